The smallest absolute Gasteiger partial charge is 0.388 e. The van der Waals surface area contributed by atoms with Crippen LogP contribution in [0.4, 0.5) is 19.0 Å². The normalized spacial score (nSPS) is 12.4. The van der Waals surface area contributed by atoms with Gasteiger partial charge < -0.3 is 15.0 Å². The fraction of sp³-hybridized carbons (Fsp3) is 0.174. The third-order valence-corrected chi connectivity index (χ3v) is 5.57. The lowest BCUT2D eigenvalue weighted by Gasteiger charge is -2.15. The number of benzene rings is 1. The molecule has 0 saturated carbocycles. The molecule has 35 heavy (non-hydrogen) atoms. The second-order valence-electron chi connectivity index (χ2n) is 7.63. The quantitative estimate of drug-likeness (QED) is 0.368. The van der Waals surface area contributed by atoms with Gasteiger partial charge >= 0.3 is 6.61 Å². The topological polar surface area (TPSA) is 110 Å². The highest BCUT2D eigenvalue weighted by Crippen LogP contribution is 2.36. The summed E-state index contributed by atoms with van der Waals surface area (Å²) in [5.41, 5.74) is 8.89. The van der Waals surface area contributed by atoms with E-state index in [0.29, 0.717) is 34.3 Å². The van der Waals surface area contributed by atoms with E-state index in [1.807, 2.05) is 17.7 Å². The largest absolute Gasteiger partial charge is 0.417 e. The number of para-hydroxylation sites is 1. The van der Waals surface area contributed by atoms with Crippen LogP contribution in [-0.2, 0) is 0 Å². The van der Waals surface area contributed by atoms with Crippen molar-refractivity contribution in [2.75, 3.05) is 5.73 Å². The van der Waals surface area contributed by atoms with Gasteiger partial charge in [0.2, 0.25) is 5.88 Å². The van der Waals surface area contributed by atoms with Gasteiger partial charge in [-0.3, -0.25) is 0 Å². The summed E-state index contributed by atoms with van der Waals surface area (Å²) in [6.45, 7) is -0.997. The molecule has 2 N–H and O–H groups in total. The first-order valence-corrected chi connectivity index (χ1v) is 10.7. The number of anilines is 1. The predicted octanol–water partition coefficient (Wildman–Crippen LogP) is 4.40. The van der Waals surface area contributed by atoms with E-state index in [4.69, 9.17) is 5.73 Å². The molecule has 0 spiro atoms. The highest BCUT2D eigenvalue weighted by molar-refractivity contribution is 6.00. The summed E-state index contributed by atoms with van der Waals surface area (Å²) in [4.78, 5) is 12.5. The molecule has 1 aromatic carbocycles. The zero-order valence-electron chi connectivity index (χ0n) is 18.4. The first kappa shape index (κ1) is 22.3. The van der Waals surface area contributed by atoms with E-state index in [0.717, 1.165) is 0 Å². The van der Waals surface area contributed by atoms with E-state index in [1.54, 1.807) is 30.5 Å². The van der Waals surface area contributed by atoms with Gasteiger partial charge in [0.25, 0.3) is 0 Å². The lowest BCUT2D eigenvalue weighted by molar-refractivity contribution is -0.0528. The number of rotatable bonds is 7. The van der Waals surface area contributed by atoms with Gasteiger partial charge in [-0.25, -0.2) is 24.0 Å². The van der Waals surface area contributed by atoms with Crippen LogP contribution in [0.5, 0.6) is 5.88 Å². The maximum atomic E-state index is 14.3. The zero-order chi connectivity index (χ0) is 24.5. The fourth-order valence-corrected chi connectivity index (χ4v) is 4.00. The number of nitrogens with two attached hydrogens (primary N) is 1. The average molecular weight is 480 g/mol. The fourth-order valence-electron chi connectivity index (χ4n) is 4.00. The number of nitrogens with zero attached hydrogens (tertiary/aromatic N) is 7. The summed E-state index contributed by atoms with van der Waals surface area (Å²) in [6.07, 6.45) is 6.89. The number of fused-ring (bicyclic) bond motifs is 1. The van der Waals surface area contributed by atoms with Crippen molar-refractivity contribution < 1.29 is 17.9 Å². The van der Waals surface area contributed by atoms with Crippen molar-refractivity contribution in [2.45, 2.75) is 26.0 Å². The monoisotopic (exact) mass is 480 g/mol. The van der Waals surface area contributed by atoms with Crippen molar-refractivity contribution in [3.63, 3.8) is 0 Å². The Morgan fingerprint density at radius 1 is 1.06 bits per heavy atom. The van der Waals surface area contributed by atoms with E-state index >= 15 is 0 Å². The molecule has 12 heteroatoms. The SMILES string of the molecule is CCC(c1cn(-c2ccccc2F)nn1)n1cc(-c2ccc(OC(F)F)nc2)c2c(N)ncnc21. The molecule has 0 aliphatic rings. The van der Waals surface area contributed by atoms with Crippen molar-refractivity contribution in [3.8, 4) is 22.7 Å². The van der Waals surface area contributed by atoms with Crippen molar-refractivity contribution in [1.82, 2.24) is 34.5 Å². The van der Waals surface area contributed by atoms with Gasteiger partial charge in [-0.15, -0.1) is 5.10 Å². The number of halogens is 3. The van der Waals surface area contributed by atoms with Crippen molar-refractivity contribution in [3.05, 3.63) is 72.8 Å². The molecule has 0 saturated heterocycles. The van der Waals surface area contributed by atoms with Crippen LogP contribution in [0.3, 0.4) is 0 Å². The summed E-state index contributed by atoms with van der Waals surface area (Å²) in [5.74, 6) is -0.368. The van der Waals surface area contributed by atoms with E-state index in [9.17, 15) is 13.2 Å². The Kier molecular flexibility index (Phi) is 5.77. The molecule has 0 fully saturated rings. The molecule has 5 aromatic rings. The number of pyridine rings is 1. The highest BCUT2D eigenvalue weighted by Gasteiger charge is 2.23. The highest BCUT2D eigenvalue weighted by atomic mass is 19.3. The molecule has 0 radical (unpaired) electrons. The van der Waals surface area contributed by atoms with Crippen LogP contribution in [0.2, 0.25) is 0 Å². The van der Waals surface area contributed by atoms with Gasteiger partial charge in [0.1, 0.15) is 35.0 Å². The van der Waals surface area contributed by atoms with Gasteiger partial charge in [0.05, 0.1) is 17.6 Å². The Hall–Kier alpha value is -4.48. The second kappa shape index (κ2) is 9.05. The minimum Gasteiger partial charge on any atom is -0.417 e. The molecule has 0 aliphatic heterocycles. The number of nitrogen functional groups attached to an aromatic ring is 1. The summed E-state index contributed by atoms with van der Waals surface area (Å²) in [5, 5.41) is 8.97. The van der Waals surface area contributed by atoms with Gasteiger partial charge in [-0.1, -0.05) is 24.3 Å². The Bertz CT molecular complexity index is 1480. The lowest BCUT2D eigenvalue weighted by atomic mass is 10.1. The molecule has 0 bridgehead atoms. The van der Waals surface area contributed by atoms with Crippen molar-refractivity contribution in [1.29, 1.82) is 0 Å². The van der Waals surface area contributed by atoms with E-state index in [2.05, 4.69) is 30.0 Å². The van der Waals surface area contributed by atoms with Crippen LogP contribution in [0.1, 0.15) is 25.1 Å². The molecule has 4 heterocycles. The molecule has 4 aromatic heterocycles. The first-order chi connectivity index (χ1) is 17.0. The molecule has 1 unspecified atom stereocenters. The van der Waals surface area contributed by atoms with Crippen LogP contribution in [0, 0.1) is 5.82 Å². The molecule has 5 rings (SSSR count). The van der Waals surface area contributed by atoms with E-state index in [-0.39, 0.29) is 23.4 Å². The number of alkyl halides is 2. The summed E-state index contributed by atoms with van der Waals surface area (Å²) in [7, 11) is 0. The summed E-state index contributed by atoms with van der Waals surface area (Å²) in [6, 6.07) is 8.92. The average Bonchev–Trinajstić information content (AvgIpc) is 3.47. The first-order valence-electron chi connectivity index (χ1n) is 10.7. The third kappa shape index (κ3) is 4.14. The second-order valence-corrected chi connectivity index (χ2v) is 7.63. The maximum Gasteiger partial charge on any atom is 0.388 e. The Morgan fingerprint density at radius 3 is 2.60 bits per heavy atom. The van der Waals surface area contributed by atoms with Gasteiger partial charge in [-0.05, 0) is 24.6 Å². The van der Waals surface area contributed by atoms with Crippen molar-refractivity contribution >= 4 is 16.9 Å². The van der Waals surface area contributed by atoms with Gasteiger partial charge in [0, 0.05) is 29.6 Å². The molecule has 9 nitrogen and oxygen atoms in total. The standard InChI is InChI=1S/C23H19F3N8O/c1-2-17(16-11-34(32-31-16)18-6-4-3-5-15(18)24)33-10-14(20-21(27)29-12-30-22(20)33)13-7-8-19(28-9-13)35-23(25)26/h3-12,17,23H,2H2,1H3,(H2,27,29,30). The third-order valence-electron chi connectivity index (χ3n) is 5.57. The zero-order valence-corrected chi connectivity index (χ0v) is 18.4. The minimum atomic E-state index is -2.97. The number of hydrogen-bond acceptors (Lipinski definition) is 7. The molecule has 0 aliphatic carbocycles. The number of hydrogen-bond donors (Lipinski definition) is 1. The Labute approximate surface area is 197 Å². The molecule has 178 valence electrons. The van der Waals surface area contributed by atoms with Crippen LogP contribution in [-0.4, -0.2) is 41.1 Å². The number of ether oxygens (including phenoxy) is 1. The van der Waals surface area contributed by atoms with E-state index < -0.39 is 12.4 Å². The maximum absolute atomic E-state index is 14.3. The van der Waals surface area contributed by atoms with Crippen LogP contribution in [0.25, 0.3) is 27.8 Å². The van der Waals surface area contributed by atoms with E-state index in [1.165, 1.54) is 29.3 Å². The predicted molar refractivity (Wildman–Crippen MR) is 122 cm³/mol. The van der Waals surface area contributed by atoms with Gasteiger partial charge in [0.15, 0.2) is 0 Å². The van der Waals surface area contributed by atoms with Crippen LogP contribution in [0.15, 0.2) is 61.3 Å². The van der Waals surface area contributed by atoms with Crippen LogP contribution >= 0.6 is 0 Å². The molecule has 0 amide bonds. The molecular weight excluding hydrogens is 461 g/mol. The Morgan fingerprint density at radius 2 is 1.89 bits per heavy atom. The molecular formula is C23H19F3N8O. The summed E-state index contributed by atoms with van der Waals surface area (Å²) >= 11 is 0. The summed E-state index contributed by atoms with van der Waals surface area (Å²) < 4.78 is 46.9. The molecule has 1 atom stereocenters. The van der Waals surface area contributed by atoms with Crippen molar-refractivity contribution in [2.24, 2.45) is 0 Å². The Balaban J connectivity index is 1.59. The van der Waals surface area contributed by atoms with Crippen LogP contribution < -0.4 is 10.5 Å². The minimum absolute atomic E-state index is 0.201. The lowest BCUT2D eigenvalue weighted by Crippen LogP contribution is -2.10. The van der Waals surface area contributed by atoms with Gasteiger partial charge in [-0.2, -0.15) is 8.78 Å². The number of aromatic nitrogens is 7.